The van der Waals surface area contributed by atoms with E-state index in [2.05, 4.69) is 39.8 Å². The third kappa shape index (κ3) is 4.78. The van der Waals surface area contributed by atoms with E-state index in [4.69, 9.17) is 5.73 Å². The van der Waals surface area contributed by atoms with Crippen LogP contribution >= 0.6 is 0 Å². The molecular weight excluding hydrogens is 238 g/mol. The fraction of sp³-hybridized carbons (Fsp3) is 0.643. The Balaban J connectivity index is 1.72. The molecule has 0 aliphatic carbocycles. The van der Waals surface area contributed by atoms with Gasteiger partial charge >= 0.3 is 0 Å². The van der Waals surface area contributed by atoms with Crippen LogP contribution in [0.2, 0.25) is 0 Å². The molecule has 1 fully saturated rings. The Morgan fingerprint density at radius 3 is 2.42 bits per heavy atom. The number of pyridine rings is 1. The summed E-state index contributed by atoms with van der Waals surface area (Å²) in [5, 5.41) is 0. The van der Waals surface area contributed by atoms with Crippen LogP contribution in [-0.4, -0.2) is 73.0 Å². The lowest BCUT2D eigenvalue weighted by atomic mass is 10.2. The minimum Gasteiger partial charge on any atom is -0.384 e. The van der Waals surface area contributed by atoms with Crippen LogP contribution in [0.25, 0.3) is 0 Å². The largest absolute Gasteiger partial charge is 0.384 e. The van der Waals surface area contributed by atoms with Crippen LogP contribution in [-0.2, 0) is 6.54 Å². The number of aromatic nitrogens is 1. The van der Waals surface area contributed by atoms with Crippen molar-refractivity contribution in [2.75, 3.05) is 59.1 Å². The van der Waals surface area contributed by atoms with Crippen LogP contribution in [0.1, 0.15) is 5.56 Å². The summed E-state index contributed by atoms with van der Waals surface area (Å²) in [7, 11) is 4.26. The molecule has 5 heteroatoms. The van der Waals surface area contributed by atoms with Gasteiger partial charge in [0.15, 0.2) is 0 Å². The van der Waals surface area contributed by atoms with Crippen molar-refractivity contribution < 1.29 is 0 Å². The predicted octanol–water partition coefficient (Wildman–Crippen LogP) is 0.343. The molecule has 0 aromatic carbocycles. The Hall–Kier alpha value is -1.17. The second kappa shape index (κ2) is 6.84. The maximum absolute atomic E-state index is 5.60. The van der Waals surface area contributed by atoms with Gasteiger partial charge in [-0.2, -0.15) is 0 Å². The van der Waals surface area contributed by atoms with Crippen molar-refractivity contribution in [3.63, 3.8) is 0 Å². The van der Waals surface area contributed by atoms with Crippen LogP contribution < -0.4 is 5.73 Å². The van der Waals surface area contributed by atoms with E-state index < -0.39 is 0 Å². The van der Waals surface area contributed by atoms with Gasteiger partial charge in [0.05, 0.1) is 0 Å². The smallest absolute Gasteiger partial charge is 0.123 e. The van der Waals surface area contributed by atoms with Crippen molar-refractivity contribution in [1.82, 2.24) is 19.7 Å². The van der Waals surface area contributed by atoms with E-state index in [1.54, 1.807) is 0 Å². The monoisotopic (exact) mass is 263 g/mol. The first-order valence-corrected chi connectivity index (χ1v) is 6.93. The van der Waals surface area contributed by atoms with Crippen molar-refractivity contribution >= 4 is 5.82 Å². The van der Waals surface area contributed by atoms with Gasteiger partial charge in [0.25, 0.3) is 0 Å². The molecule has 0 amide bonds. The molecule has 1 aromatic heterocycles. The normalized spacial score (nSPS) is 18.1. The molecule has 1 aromatic rings. The Labute approximate surface area is 116 Å². The number of likely N-dealkylation sites (N-methyl/N-ethyl adjacent to an activating group) is 1. The van der Waals surface area contributed by atoms with Crippen LogP contribution in [0.4, 0.5) is 5.82 Å². The number of hydrogen-bond donors (Lipinski definition) is 1. The van der Waals surface area contributed by atoms with Gasteiger partial charge in [-0.15, -0.1) is 0 Å². The maximum Gasteiger partial charge on any atom is 0.123 e. The zero-order chi connectivity index (χ0) is 13.7. The van der Waals surface area contributed by atoms with E-state index in [9.17, 15) is 0 Å². The molecule has 2 heterocycles. The highest BCUT2D eigenvalue weighted by molar-refractivity contribution is 5.29. The molecule has 0 spiro atoms. The third-order valence-corrected chi connectivity index (χ3v) is 3.58. The number of rotatable bonds is 5. The molecule has 0 atom stereocenters. The maximum atomic E-state index is 5.60. The fourth-order valence-electron chi connectivity index (χ4n) is 2.30. The minimum atomic E-state index is 0.595. The minimum absolute atomic E-state index is 0.595. The lowest BCUT2D eigenvalue weighted by molar-refractivity contribution is 0.120. The lowest BCUT2D eigenvalue weighted by Crippen LogP contribution is -2.47. The van der Waals surface area contributed by atoms with Gasteiger partial charge in [-0.3, -0.25) is 9.80 Å². The van der Waals surface area contributed by atoms with E-state index >= 15 is 0 Å². The van der Waals surface area contributed by atoms with Crippen molar-refractivity contribution in [3.8, 4) is 0 Å². The molecule has 19 heavy (non-hydrogen) atoms. The van der Waals surface area contributed by atoms with Crippen LogP contribution in [0, 0.1) is 0 Å². The molecule has 0 saturated carbocycles. The topological polar surface area (TPSA) is 48.6 Å². The van der Waals surface area contributed by atoms with Gasteiger partial charge < -0.3 is 10.6 Å². The average molecular weight is 263 g/mol. The second-order valence-electron chi connectivity index (χ2n) is 5.51. The first-order chi connectivity index (χ1) is 9.13. The number of anilines is 1. The zero-order valence-electron chi connectivity index (χ0n) is 12.0. The second-order valence-corrected chi connectivity index (χ2v) is 5.51. The van der Waals surface area contributed by atoms with Gasteiger partial charge in [0.2, 0.25) is 0 Å². The summed E-state index contributed by atoms with van der Waals surface area (Å²) in [6.45, 7) is 7.89. The molecule has 2 N–H and O–H groups in total. The number of hydrogen-bond acceptors (Lipinski definition) is 5. The lowest BCUT2D eigenvalue weighted by Gasteiger charge is -2.35. The summed E-state index contributed by atoms with van der Waals surface area (Å²) in [5.74, 6) is 0.595. The Morgan fingerprint density at radius 2 is 1.84 bits per heavy atom. The summed E-state index contributed by atoms with van der Waals surface area (Å²) in [4.78, 5) is 11.4. The number of nitrogens with two attached hydrogens (primary N) is 1. The number of nitrogen functional groups attached to an aromatic ring is 1. The van der Waals surface area contributed by atoms with Crippen molar-refractivity contribution in [3.05, 3.63) is 23.9 Å². The van der Waals surface area contributed by atoms with Crippen LogP contribution in [0.5, 0.6) is 0 Å². The summed E-state index contributed by atoms with van der Waals surface area (Å²) < 4.78 is 0. The summed E-state index contributed by atoms with van der Waals surface area (Å²) in [5.41, 5.74) is 6.85. The van der Waals surface area contributed by atoms with Gasteiger partial charge in [-0.1, -0.05) is 6.07 Å². The van der Waals surface area contributed by atoms with Crippen molar-refractivity contribution in [2.24, 2.45) is 0 Å². The first-order valence-electron chi connectivity index (χ1n) is 6.93. The third-order valence-electron chi connectivity index (χ3n) is 3.58. The van der Waals surface area contributed by atoms with Crippen LogP contribution in [0.3, 0.4) is 0 Å². The summed E-state index contributed by atoms with van der Waals surface area (Å²) in [6.07, 6.45) is 1.88. The number of nitrogens with zero attached hydrogens (tertiary/aromatic N) is 4. The number of piperazine rings is 1. The molecule has 0 radical (unpaired) electrons. The average Bonchev–Trinajstić information content (AvgIpc) is 2.40. The van der Waals surface area contributed by atoms with E-state index in [0.29, 0.717) is 5.82 Å². The van der Waals surface area contributed by atoms with E-state index in [0.717, 1.165) is 39.3 Å². The Bertz CT molecular complexity index is 368. The van der Waals surface area contributed by atoms with E-state index in [1.165, 1.54) is 12.1 Å². The molecule has 1 aliphatic rings. The molecular formula is C14H25N5. The van der Waals surface area contributed by atoms with E-state index in [1.807, 2.05) is 12.3 Å². The molecule has 0 unspecified atom stereocenters. The highest BCUT2D eigenvalue weighted by atomic mass is 15.3. The highest BCUT2D eigenvalue weighted by Gasteiger charge is 2.16. The summed E-state index contributed by atoms with van der Waals surface area (Å²) >= 11 is 0. The highest BCUT2D eigenvalue weighted by Crippen LogP contribution is 2.08. The van der Waals surface area contributed by atoms with Crippen molar-refractivity contribution in [1.29, 1.82) is 0 Å². The fourth-order valence-corrected chi connectivity index (χ4v) is 2.30. The Kier molecular flexibility index (Phi) is 5.13. The molecule has 1 aliphatic heterocycles. The van der Waals surface area contributed by atoms with Crippen LogP contribution in [0.15, 0.2) is 18.3 Å². The Morgan fingerprint density at radius 1 is 1.16 bits per heavy atom. The predicted molar refractivity (Wildman–Crippen MR) is 78.9 cm³/mol. The van der Waals surface area contributed by atoms with Gasteiger partial charge in [-0.25, -0.2) is 4.98 Å². The first kappa shape index (κ1) is 14.2. The molecule has 2 rings (SSSR count). The van der Waals surface area contributed by atoms with E-state index in [-0.39, 0.29) is 0 Å². The van der Waals surface area contributed by atoms with Gasteiger partial charge in [-0.05, 0) is 25.7 Å². The molecule has 106 valence electrons. The standard InChI is InChI=1S/C14H25N5/c1-17(2)5-6-18-7-9-19(10-8-18)12-13-3-4-14(15)16-11-13/h3-4,11H,5-10,12H2,1-2H3,(H2,15,16). The zero-order valence-corrected chi connectivity index (χ0v) is 12.0. The van der Waals surface area contributed by atoms with Crippen molar-refractivity contribution in [2.45, 2.75) is 6.54 Å². The molecule has 5 nitrogen and oxygen atoms in total. The molecule has 1 saturated heterocycles. The molecule has 0 bridgehead atoms. The SMILES string of the molecule is CN(C)CCN1CCN(Cc2ccc(N)nc2)CC1. The van der Waals surface area contributed by atoms with Gasteiger partial charge in [0, 0.05) is 52.0 Å². The summed E-state index contributed by atoms with van der Waals surface area (Å²) in [6, 6.07) is 3.95. The van der Waals surface area contributed by atoms with Gasteiger partial charge in [0.1, 0.15) is 5.82 Å². The quantitative estimate of drug-likeness (QED) is 0.830.